The van der Waals surface area contributed by atoms with Crippen molar-refractivity contribution in [3.8, 4) is 11.1 Å². The average molecular weight is 544 g/mol. The van der Waals surface area contributed by atoms with Gasteiger partial charge in [-0.3, -0.25) is 0 Å². The molecule has 0 saturated heterocycles. The zero-order chi connectivity index (χ0) is 24.5. The molecule has 2 heteroatoms. The molecule has 0 bridgehead atoms. The van der Waals surface area contributed by atoms with Crippen molar-refractivity contribution in [1.29, 1.82) is 0 Å². The molecule has 0 aliphatic heterocycles. The Bertz CT molecular complexity index is 1970. The van der Waals surface area contributed by atoms with E-state index in [-0.39, 0.29) is 30.7 Å². The number of fused-ring (bicyclic) bond motifs is 6. The van der Waals surface area contributed by atoms with E-state index in [9.17, 15) is 0 Å². The minimum atomic E-state index is 0. The highest BCUT2D eigenvalue weighted by atomic mass is 35.5. The van der Waals surface area contributed by atoms with Gasteiger partial charge in [0.05, 0.1) is 0 Å². The van der Waals surface area contributed by atoms with Crippen LogP contribution in [0.2, 0.25) is 0 Å². The van der Waals surface area contributed by atoms with Gasteiger partial charge in [0.2, 0.25) is 0 Å². The fourth-order valence-corrected chi connectivity index (χ4v) is 6.93. The highest BCUT2D eigenvalue weighted by molar-refractivity contribution is 6.05. The Balaban J connectivity index is 0.00000138. The molecule has 1 atom stereocenters. The number of hydrogen-bond acceptors (Lipinski definition) is 0. The summed E-state index contributed by atoms with van der Waals surface area (Å²) in [5.74, 6) is 0.221. The smallest absolute Gasteiger partial charge is 0.0293 e. The van der Waals surface area contributed by atoms with Gasteiger partial charge in [-0.15, -0.1) is 24.8 Å². The lowest BCUT2D eigenvalue weighted by atomic mass is 9.74. The van der Waals surface area contributed by atoms with Gasteiger partial charge in [-0.2, -0.15) is 0 Å². The van der Waals surface area contributed by atoms with Crippen molar-refractivity contribution in [1.82, 2.24) is 0 Å². The quantitative estimate of drug-likeness (QED) is 0.206. The highest BCUT2D eigenvalue weighted by Gasteiger charge is 2.32. The zero-order valence-corrected chi connectivity index (χ0v) is 23.3. The van der Waals surface area contributed by atoms with Crippen LogP contribution in [0.25, 0.3) is 39.1 Å². The predicted molar refractivity (Wildman–Crippen MR) is 170 cm³/mol. The van der Waals surface area contributed by atoms with Crippen LogP contribution in [0.15, 0.2) is 126 Å². The fourth-order valence-electron chi connectivity index (χ4n) is 6.93. The van der Waals surface area contributed by atoms with Crippen LogP contribution in [-0.2, 0) is 6.42 Å². The summed E-state index contributed by atoms with van der Waals surface area (Å²) in [5, 5.41) is 5.34. The van der Waals surface area contributed by atoms with E-state index >= 15 is 0 Å². The van der Waals surface area contributed by atoms with E-state index in [1.54, 1.807) is 0 Å². The van der Waals surface area contributed by atoms with Crippen LogP contribution >= 0.6 is 24.8 Å². The van der Waals surface area contributed by atoms with Gasteiger partial charge in [0, 0.05) is 5.92 Å². The van der Waals surface area contributed by atoms with Crippen LogP contribution in [-0.4, -0.2) is 0 Å². The Morgan fingerprint density at radius 2 is 1.33 bits per heavy atom. The van der Waals surface area contributed by atoms with E-state index in [0.717, 1.165) is 6.42 Å². The summed E-state index contributed by atoms with van der Waals surface area (Å²) in [5.41, 5.74) is 14.0. The Kier molecular flexibility index (Phi) is 6.34. The Morgan fingerprint density at radius 1 is 0.641 bits per heavy atom. The first-order valence-electron chi connectivity index (χ1n) is 13.2. The molecular weight excluding hydrogens is 515 g/mol. The minimum Gasteiger partial charge on any atom is -0.147 e. The molecule has 0 amide bonds. The largest absolute Gasteiger partial charge is 0.147 e. The Labute approximate surface area is 241 Å². The third-order valence-electron chi connectivity index (χ3n) is 8.51. The summed E-state index contributed by atoms with van der Waals surface area (Å²) >= 11 is 0. The molecule has 0 saturated carbocycles. The summed E-state index contributed by atoms with van der Waals surface area (Å²) in [6, 6.07) is 40.3. The van der Waals surface area contributed by atoms with Crippen LogP contribution in [0.4, 0.5) is 0 Å². The van der Waals surface area contributed by atoms with E-state index in [1.165, 1.54) is 76.9 Å². The monoisotopic (exact) mass is 542 g/mol. The van der Waals surface area contributed by atoms with Crippen LogP contribution < -0.4 is 10.4 Å². The van der Waals surface area contributed by atoms with Crippen molar-refractivity contribution < 1.29 is 0 Å². The van der Waals surface area contributed by atoms with E-state index in [1.807, 2.05) is 0 Å². The van der Waals surface area contributed by atoms with E-state index < -0.39 is 0 Å². The average Bonchev–Trinajstić information content (AvgIpc) is 3.51. The molecule has 0 fully saturated rings. The van der Waals surface area contributed by atoms with E-state index in [0.29, 0.717) is 0 Å². The van der Waals surface area contributed by atoms with Gasteiger partial charge in [-0.1, -0.05) is 115 Å². The summed E-state index contributed by atoms with van der Waals surface area (Å²) in [7, 11) is 0. The second-order valence-electron chi connectivity index (χ2n) is 10.5. The third kappa shape index (κ3) is 3.74. The number of rotatable bonds is 2. The Morgan fingerprint density at radius 3 is 2.26 bits per heavy atom. The van der Waals surface area contributed by atoms with Gasteiger partial charge in [0.15, 0.2) is 0 Å². The molecule has 8 rings (SSSR count). The van der Waals surface area contributed by atoms with Gasteiger partial charge in [-0.05, 0) is 96.3 Å². The maximum absolute atomic E-state index is 2.52. The van der Waals surface area contributed by atoms with Crippen molar-refractivity contribution in [2.75, 3.05) is 0 Å². The summed E-state index contributed by atoms with van der Waals surface area (Å²) in [6.45, 7) is 2.32. The van der Waals surface area contributed by atoms with Crippen molar-refractivity contribution in [2.45, 2.75) is 19.3 Å². The molecule has 0 heterocycles. The number of allylic oxidation sites excluding steroid dienone is 4. The maximum atomic E-state index is 2.52. The molecule has 1 unspecified atom stereocenters. The lowest BCUT2D eigenvalue weighted by molar-refractivity contribution is 1.08. The molecule has 0 aromatic heterocycles. The van der Waals surface area contributed by atoms with Gasteiger partial charge in [0.25, 0.3) is 0 Å². The molecule has 3 aliphatic carbocycles. The molecule has 39 heavy (non-hydrogen) atoms. The first-order valence-corrected chi connectivity index (χ1v) is 13.2. The van der Waals surface area contributed by atoms with Gasteiger partial charge < -0.3 is 0 Å². The Hall–Kier alpha value is -3.84. The maximum Gasteiger partial charge on any atom is 0.0293 e. The second-order valence-corrected chi connectivity index (χ2v) is 10.5. The topological polar surface area (TPSA) is 0 Å². The normalized spacial score (nSPS) is 16.3. The van der Waals surface area contributed by atoms with Crippen molar-refractivity contribution in [3.63, 3.8) is 0 Å². The molecular formula is C37H28Cl2. The van der Waals surface area contributed by atoms with Gasteiger partial charge >= 0.3 is 0 Å². The molecule has 0 spiro atoms. The lowest BCUT2D eigenvalue weighted by Gasteiger charge is -2.29. The summed E-state index contributed by atoms with van der Waals surface area (Å²) < 4.78 is 0. The van der Waals surface area contributed by atoms with E-state index in [2.05, 4.69) is 128 Å². The number of hydrogen-bond donors (Lipinski definition) is 0. The van der Waals surface area contributed by atoms with Crippen molar-refractivity contribution in [2.24, 2.45) is 0 Å². The molecule has 0 N–H and O–H groups in total. The minimum absolute atomic E-state index is 0. The number of benzene rings is 5. The van der Waals surface area contributed by atoms with Gasteiger partial charge in [0.1, 0.15) is 0 Å². The summed E-state index contributed by atoms with van der Waals surface area (Å²) in [4.78, 5) is 0. The second kappa shape index (κ2) is 9.72. The standard InChI is InChI=1S/C37H26.2ClH/c1-23-20-34(31-17-8-13-24-10-2-5-14-27(24)31)37-29-16-7-4-12-26(29)22-35(37)36(23)32-19-9-18-30-28-15-6-3-11-25(28)21-33(30)32;;/h2-20,22,34H,21H2,1H3;2*1H. The zero-order valence-electron chi connectivity index (χ0n) is 21.6. The SMILES string of the molecule is CC1=CC(c2cccc3ccccc23)C2=c3ccccc3=CC2=C1c1cccc2c1Cc1ccccc1-2.Cl.Cl. The van der Waals surface area contributed by atoms with E-state index in [4.69, 9.17) is 0 Å². The highest BCUT2D eigenvalue weighted by Crippen LogP contribution is 2.49. The molecule has 3 aliphatic rings. The van der Waals surface area contributed by atoms with Crippen LogP contribution in [0.3, 0.4) is 0 Å². The van der Waals surface area contributed by atoms with Crippen LogP contribution in [0, 0.1) is 0 Å². The van der Waals surface area contributed by atoms with Gasteiger partial charge in [-0.25, -0.2) is 0 Å². The molecule has 0 radical (unpaired) electrons. The first kappa shape index (κ1) is 25.4. The van der Waals surface area contributed by atoms with Crippen molar-refractivity contribution in [3.05, 3.63) is 159 Å². The molecule has 0 nitrogen and oxygen atoms in total. The third-order valence-corrected chi connectivity index (χ3v) is 8.51. The fraction of sp³-hybridized carbons (Fsp3) is 0.0811. The predicted octanol–water partition coefficient (Wildman–Crippen LogP) is 8.40. The van der Waals surface area contributed by atoms with Crippen LogP contribution in [0.5, 0.6) is 0 Å². The van der Waals surface area contributed by atoms with Crippen LogP contribution in [0.1, 0.15) is 35.1 Å². The lowest BCUT2D eigenvalue weighted by Crippen LogP contribution is -2.24. The molecule has 5 aromatic carbocycles. The first-order chi connectivity index (χ1) is 18.3. The number of halogens is 2. The molecule has 190 valence electrons. The summed E-state index contributed by atoms with van der Waals surface area (Å²) in [6.07, 6.45) is 5.96. The van der Waals surface area contributed by atoms with Crippen molar-refractivity contribution >= 4 is 52.8 Å². The molecule has 5 aromatic rings.